The number of benzene rings is 2. The van der Waals surface area contributed by atoms with Gasteiger partial charge in [-0.15, -0.1) is 16.4 Å². The molecule has 0 fully saturated rings. The van der Waals surface area contributed by atoms with Crippen LogP contribution in [-0.2, 0) is 28.0 Å². The number of fused-ring (bicyclic) bond motifs is 1. The molecule has 4 aromatic rings. The summed E-state index contributed by atoms with van der Waals surface area (Å²) in [6.07, 6.45) is 1.65. The SMILES string of the molecule is CC(C)C(C(=O)NCc1ccc(F)cc1)n1cc(COc2ccc3nc(S(N)(=O)=O)sc3c2)nn1. The van der Waals surface area contributed by atoms with Crippen LogP contribution in [0.5, 0.6) is 5.75 Å². The molecule has 4 rings (SSSR count). The van der Waals surface area contributed by atoms with Gasteiger partial charge < -0.3 is 10.1 Å². The Labute approximate surface area is 205 Å². The number of hydrogen-bond acceptors (Lipinski definition) is 8. The lowest BCUT2D eigenvalue weighted by atomic mass is 10.0. The van der Waals surface area contributed by atoms with Gasteiger partial charge in [-0.3, -0.25) is 4.79 Å². The van der Waals surface area contributed by atoms with Crippen molar-refractivity contribution in [3.05, 3.63) is 65.7 Å². The molecule has 0 aliphatic rings. The third-order valence-corrected chi connectivity index (χ3v) is 7.43. The van der Waals surface area contributed by atoms with Crippen LogP contribution in [0.1, 0.15) is 31.1 Å². The second-order valence-corrected chi connectivity index (χ2v) is 10.9. The number of hydrogen-bond donors (Lipinski definition) is 2. The molecule has 2 aromatic heterocycles. The third kappa shape index (κ3) is 5.99. The minimum absolute atomic E-state index is 0.0690. The molecule has 35 heavy (non-hydrogen) atoms. The number of halogens is 1. The van der Waals surface area contributed by atoms with Crippen molar-refractivity contribution in [2.24, 2.45) is 11.1 Å². The number of primary sulfonamides is 1. The van der Waals surface area contributed by atoms with E-state index in [1.165, 1.54) is 16.8 Å². The molecule has 0 spiro atoms. The topological polar surface area (TPSA) is 142 Å². The highest BCUT2D eigenvalue weighted by Crippen LogP contribution is 2.28. The Balaban J connectivity index is 1.41. The fraction of sp³-hybridized carbons (Fsp3) is 0.273. The van der Waals surface area contributed by atoms with Crippen LogP contribution in [0.15, 0.2) is 53.0 Å². The summed E-state index contributed by atoms with van der Waals surface area (Å²) in [5.74, 6) is -0.143. The molecule has 2 heterocycles. The Bertz CT molecular complexity index is 1450. The molecule has 0 aliphatic carbocycles. The van der Waals surface area contributed by atoms with Gasteiger partial charge in [0, 0.05) is 6.54 Å². The van der Waals surface area contributed by atoms with Crippen molar-refractivity contribution in [2.45, 2.75) is 37.4 Å². The summed E-state index contributed by atoms with van der Waals surface area (Å²) < 4.78 is 43.8. The van der Waals surface area contributed by atoms with E-state index in [0.717, 1.165) is 16.9 Å². The van der Waals surface area contributed by atoms with E-state index in [2.05, 4.69) is 20.6 Å². The second kappa shape index (κ2) is 10.1. The van der Waals surface area contributed by atoms with Crippen molar-refractivity contribution in [3.63, 3.8) is 0 Å². The van der Waals surface area contributed by atoms with Gasteiger partial charge >= 0.3 is 0 Å². The highest BCUT2D eigenvalue weighted by Gasteiger charge is 2.25. The number of sulfonamides is 1. The number of nitrogens with two attached hydrogens (primary N) is 1. The van der Waals surface area contributed by atoms with E-state index in [1.807, 2.05) is 13.8 Å². The highest BCUT2D eigenvalue weighted by molar-refractivity contribution is 7.91. The average Bonchev–Trinajstić information content (AvgIpc) is 3.44. The van der Waals surface area contributed by atoms with E-state index in [0.29, 0.717) is 21.7 Å². The van der Waals surface area contributed by atoms with Gasteiger partial charge in [-0.2, -0.15) is 0 Å². The molecular weight excluding hydrogens is 495 g/mol. The number of ether oxygens (including phenoxy) is 1. The predicted octanol–water partition coefficient (Wildman–Crippen LogP) is 2.77. The first-order valence-electron chi connectivity index (χ1n) is 10.6. The van der Waals surface area contributed by atoms with Gasteiger partial charge in [0.1, 0.15) is 29.9 Å². The van der Waals surface area contributed by atoms with Crippen molar-refractivity contribution in [3.8, 4) is 5.75 Å². The molecule has 1 amide bonds. The maximum absolute atomic E-state index is 13.1. The van der Waals surface area contributed by atoms with Gasteiger partial charge in [-0.1, -0.05) is 31.2 Å². The second-order valence-electron chi connectivity index (χ2n) is 8.17. The van der Waals surface area contributed by atoms with Crippen molar-refractivity contribution in [2.75, 3.05) is 0 Å². The monoisotopic (exact) mass is 518 g/mol. The number of thiazole rings is 1. The quantitative estimate of drug-likeness (QED) is 0.347. The normalized spacial score (nSPS) is 12.7. The molecule has 13 heteroatoms. The Hall–Kier alpha value is -3.42. The highest BCUT2D eigenvalue weighted by atomic mass is 32.2. The fourth-order valence-corrected chi connectivity index (χ4v) is 5.08. The Kier molecular flexibility index (Phi) is 7.10. The zero-order chi connectivity index (χ0) is 25.2. The van der Waals surface area contributed by atoms with Crippen LogP contribution in [0.2, 0.25) is 0 Å². The van der Waals surface area contributed by atoms with Crippen molar-refractivity contribution >= 4 is 37.5 Å². The minimum Gasteiger partial charge on any atom is -0.487 e. The van der Waals surface area contributed by atoms with Gasteiger partial charge in [-0.25, -0.2) is 27.6 Å². The molecule has 2 aromatic carbocycles. The Morgan fingerprint density at radius 2 is 1.97 bits per heavy atom. The van der Waals surface area contributed by atoms with Crippen LogP contribution in [0, 0.1) is 11.7 Å². The lowest BCUT2D eigenvalue weighted by Crippen LogP contribution is -2.35. The maximum Gasteiger partial charge on any atom is 0.265 e. The van der Waals surface area contributed by atoms with Gasteiger partial charge in [0.25, 0.3) is 10.0 Å². The van der Waals surface area contributed by atoms with E-state index in [1.54, 1.807) is 36.5 Å². The van der Waals surface area contributed by atoms with E-state index in [9.17, 15) is 17.6 Å². The molecule has 10 nitrogen and oxygen atoms in total. The first kappa shape index (κ1) is 24.7. The van der Waals surface area contributed by atoms with Crippen molar-refractivity contribution in [1.29, 1.82) is 0 Å². The molecule has 0 saturated carbocycles. The van der Waals surface area contributed by atoms with E-state index >= 15 is 0 Å². The van der Waals surface area contributed by atoms with Crippen molar-refractivity contribution < 1.29 is 22.3 Å². The zero-order valence-corrected chi connectivity index (χ0v) is 20.5. The zero-order valence-electron chi connectivity index (χ0n) is 18.9. The molecule has 0 bridgehead atoms. The lowest BCUT2D eigenvalue weighted by molar-refractivity contribution is -0.126. The smallest absolute Gasteiger partial charge is 0.265 e. The van der Waals surface area contributed by atoms with E-state index < -0.39 is 16.1 Å². The number of carbonyl (C=O) groups is 1. The summed E-state index contributed by atoms with van der Waals surface area (Å²) in [7, 11) is -3.88. The molecule has 0 radical (unpaired) electrons. The van der Waals surface area contributed by atoms with Crippen LogP contribution in [-0.4, -0.2) is 34.3 Å². The van der Waals surface area contributed by atoms with E-state index in [4.69, 9.17) is 9.88 Å². The standard InChI is InChI=1S/C22H23FN6O4S2/c1-13(2)20(21(30)25-10-14-3-5-15(23)6-4-14)29-11-16(27-28-29)12-33-17-7-8-18-19(9-17)34-22(26-18)35(24,31)32/h3-9,11,13,20H,10,12H2,1-2H3,(H,25,30)(H2,24,31,32). The fourth-order valence-electron chi connectivity index (χ4n) is 3.39. The van der Waals surface area contributed by atoms with Gasteiger partial charge in [-0.05, 0) is 41.8 Å². The average molecular weight is 519 g/mol. The van der Waals surface area contributed by atoms with Crippen LogP contribution in [0.25, 0.3) is 10.2 Å². The number of aromatic nitrogens is 4. The summed E-state index contributed by atoms with van der Waals surface area (Å²) in [6, 6.07) is 10.3. The lowest BCUT2D eigenvalue weighted by Gasteiger charge is -2.20. The summed E-state index contributed by atoms with van der Waals surface area (Å²) in [6.45, 7) is 4.16. The van der Waals surface area contributed by atoms with Crippen molar-refractivity contribution in [1.82, 2.24) is 25.3 Å². The summed E-state index contributed by atoms with van der Waals surface area (Å²) in [5.41, 5.74) is 1.80. The molecule has 1 atom stereocenters. The molecule has 0 saturated heterocycles. The molecule has 1 unspecified atom stereocenters. The summed E-state index contributed by atoms with van der Waals surface area (Å²) in [4.78, 5) is 16.9. The molecule has 184 valence electrons. The van der Waals surface area contributed by atoms with Crippen LogP contribution in [0.3, 0.4) is 0 Å². The largest absolute Gasteiger partial charge is 0.487 e. The number of carbonyl (C=O) groups excluding carboxylic acids is 1. The number of rotatable bonds is 9. The molecular formula is C22H23FN6O4S2. The summed E-state index contributed by atoms with van der Waals surface area (Å²) >= 11 is 0.959. The van der Waals surface area contributed by atoms with Crippen LogP contribution in [0.4, 0.5) is 4.39 Å². The van der Waals surface area contributed by atoms with Crippen LogP contribution >= 0.6 is 11.3 Å². The number of nitrogens with one attached hydrogen (secondary N) is 1. The van der Waals surface area contributed by atoms with E-state index in [-0.39, 0.29) is 35.1 Å². The van der Waals surface area contributed by atoms with Gasteiger partial charge in [0.2, 0.25) is 10.2 Å². The Morgan fingerprint density at radius 1 is 1.23 bits per heavy atom. The Morgan fingerprint density at radius 3 is 2.66 bits per heavy atom. The van der Waals surface area contributed by atoms with Crippen LogP contribution < -0.4 is 15.2 Å². The molecule has 0 aliphatic heterocycles. The maximum atomic E-state index is 13.1. The number of nitrogens with zero attached hydrogens (tertiary/aromatic N) is 4. The number of amides is 1. The van der Waals surface area contributed by atoms with Gasteiger partial charge in [0.05, 0.1) is 16.4 Å². The third-order valence-electron chi connectivity index (χ3n) is 5.09. The predicted molar refractivity (Wildman–Crippen MR) is 127 cm³/mol. The first-order valence-corrected chi connectivity index (χ1v) is 13.0. The summed E-state index contributed by atoms with van der Waals surface area (Å²) in [5, 5.41) is 16.2. The van der Waals surface area contributed by atoms with Gasteiger partial charge in [0.15, 0.2) is 0 Å². The molecule has 3 N–H and O–H groups in total. The minimum atomic E-state index is -3.88. The first-order chi connectivity index (χ1) is 16.6.